The van der Waals surface area contributed by atoms with Gasteiger partial charge in [-0.05, 0) is 37.6 Å². The Kier molecular flexibility index (Phi) is 6.05. The molecule has 5 rings (SSSR count). The number of nitrogens with zero attached hydrogens (tertiary/aromatic N) is 5. The highest BCUT2D eigenvalue weighted by atomic mass is 35.5. The summed E-state index contributed by atoms with van der Waals surface area (Å²) in [6, 6.07) is 16.9. The Labute approximate surface area is 212 Å². The molecular formula is C26H22Cl2N6O. The average Bonchev–Trinajstić information content (AvgIpc) is 3.30. The first-order valence-corrected chi connectivity index (χ1v) is 11.8. The van der Waals surface area contributed by atoms with Crippen LogP contribution in [0.15, 0.2) is 60.8 Å². The zero-order valence-corrected chi connectivity index (χ0v) is 20.9. The maximum atomic E-state index is 13.5. The van der Waals surface area contributed by atoms with Gasteiger partial charge in [0.1, 0.15) is 5.02 Å². The van der Waals surface area contributed by atoms with Crippen molar-refractivity contribution >= 4 is 45.8 Å². The first kappa shape index (κ1) is 23.1. The van der Waals surface area contributed by atoms with E-state index in [9.17, 15) is 4.79 Å². The van der Waals surface area contributed by atoms with Crippen LogP contribution in [0.1, 0.15) is 27.3 Å². The number of hydrogen-bond acceptors (Lipinski definition) is 4. The van der Waals surface area contributed by atoms with Gasteiger partial charge in [-0.1, -0.05) is 59.6 Å². The molecule has 0 atom stereocenters. The van der Waals surface area contributed by atoms with Crippen molar-refractivity contribution in [2.45, 2.75) is 20.4 Å². The van der Waals surface area contributed by atoms with Crippen molar-refractivity contribution in [1.82, 2.24) is 24.5 Å². The SMILES string of the molecule is Cc1nn(C)c(C)c1-c1cc(C(=O)Nc2nn(Cc3ccccc3Cl)cc2Cl)c2ccccc2n1. The van der Waals surface area contributed by atoms with Crippen molar-refractivity contribution in [3.8, 4) is 11.3 Å². The number of amides is 1. The average molecular weight is 505 g/mol. The highest BCUT2D eigenvalue weighted by Crippen LogP contribution is 2.30. The molecule has 0 aliphatic carbocycles. The van der Waals surface area contributed by atoms with E-state index >= 15 is 0 Å². The van der Waals surface area contributed by atoms with Crippen LogP contribution < -0.4 is 5.32 Å². The zero-order valence-electron chi connectivity index (χ0n) is 19.4. The molecule has 0 unspecified atom stereocenters. The summed E-state index contributed by atoms with van der Waals surface area (Å²) in [7, 11) is 1.89. The van der Waals surface area contributed by atoms with Crippen LogP contribution in [-0.4, -0.2) is 30.5 Å². The van der Waals surface area contributed by atoms with E-state index in [-0.39, 0.29) is 11.7 Å². The predicted molar refractivity (Wildman–Crippen MR) is 139 cm³/mol. The maximum absolute atomic E-state index is 13.5. The molecule has 0 spiro atoms. The minimum absolute atomic E-state index is 0.278. The molecule has 2 aromatic carbocycles. The van der Waals surface area contributed by atoms with Gasteiger partial charge in [-0.15, -0.1) is 0 Å². The summed E-state index contributed by atoms with van der Waals surface area (Å²) in [4.78, 5) is 18.3. The lowest BCUT2D eigenvalue weighted by atomic mass is 10.0. The first-order valence-electron chi connectivity index (χ1n) is 11.0. The number of benzene rings is 2. The van der Waals surface area contributed by atoms with Crippen molar-refractivity contribution in [2.24, 2.45) is 7.05 Å². The zero-order chi connectivity index (χ0) is 24.7. The van der Waals surface area contributed by atoms with Gasteiger partial charge in [0.15, 0.2) is 5.82 Å². The molecular weight excluding hydrogens is 483 g/mol. The van der Waals surface area contributed by atoms with Gasteiger partial charge >= 0.3 is 0 Å². The van der Waals surface area contributed by atoms with Gasteiger partial charge in [0, 0.05) is 34.9 Å². The molecule has 3 aromatic heterocycles. The van der Waals surface area contributed by atoms with Crippen LogP contribution in [0.3, 0.4) is 0 Å². The summed E-state index contributed by atoms with van der Waals surface area (Å²) in [6.07, 6.45) is 1.67. The van der Waals surface area contributed by atoms with Gasteiger partial charge in [-0.2, -0.15) is 10.2 Å². The minimum Gasteiger partial charge on any atom is -0.304 e. The van der Waals surface area contributed by atoms with Crippen LogP contribution in [0.5, 0.6) is 0 Å². The number of fused-ring (bicyclic) bond motifs is 1. The first-order chi connectivity index (χ1) is 16.8. The Balaban J connectivity index is 1.51. The van der Waals surface area contributed by atoms with Crippen LogP contribution >= 0.6 is 23.2 Å². The molecule has 1 amide bonds. The number of carbonyl (C=O) groups excluding carboxylic acids is 1. The van der Waals surface area contributed by atoms with Crippen LogP contribution in [0.4, 0.5) is 5.82 Å². The molecule has 0 fully saturated rings. The Morgan fingerprint density at radius 2 is 1.74 bits per heavy atom. The number of rotatable bonds is 5. The number of para-hydroxylation sites is 1. The van der Waals surface area contributed by atoms with Crippen LogP contribution in [0, 0.1) is 13.8 Å². The van der Waals surface area contributed by atoms with E-state index in [2.05, 4.69) is 15.5 Å². The molecule has 0 aliphatic heterocycles. The molecule has 0 radical (unpaired) electrons. The van der Waals surface area contributed by atoms with Gasteiger partial charge < -0.3 is 5.32 Å². The summed E-state index contributed by atoms with van der Waals surface area (Å²) in [5.41, 5.74) is 5.51. The number of carbonyl (C=O) groups is 1. The molecule has 5 aromatic rings. The second-order valence-corrected chi connectivity index (χ2v) is 9.12. The molecule has 7 nitrogen and oxygen atoms in total. The number of anilines is 1. The second-order valence-electron chi connectivity index (χ2n) is 8.31. The number of pyridine rings is 1. The molecule has 0 aliphatic rings. The fraction of sp³-hybridized carbons (Fsp3) is 0.154. The summed E-state index contributed by atoms with van der Waals surface area (Å²) in [5.74, 6) is -0.0474. The van der Waals surface area contributed by atoms with E-state index in [0.717, 1.165) is 27.9 Å². The number of nitrogens with one attached hydrogen (secondary N) is 1. The van der Waals surface area contributed by atoms with E-state index in [1.807, 2.05) is 74.1 Å². The largest absolute Gasteiger partial charge is 0.304 e. The Morgan fingerprint density at radius 1 is 1.00 bits per heavy atom. The van der Waals surface area contributed by atoms with Crippen molar-refractivity contribution in [1.29, 1.82) is 0 Å². The lowest BCUT2D eigenvalue weighted by Gasteiger charge is -2.10. The van der Waals surface area contributed by atoms with Crippen LogP contribution in [-0.2, 0) is 13.6 Å². The summed E-state index contributed by atoms with van der Waals surface area (Å²) < 4.78 is 3.46. The third kappa shape index (κ3) is 4.40. The molecule has 0 bridgehead atoms. The Bertz CT molecular complexity index is 1590. The molecule has 0 saturated carbocycles. The minimum atomic E-state index is -0.325. The Morgan fingerprint density at radius 3 is 2.49 bits per heavy atom. The van der Waals surface area contributed by atoms with Crippen molar-refractivity contribution < 1.29 is 4.79 Å². The van der Waals surface area contributed by atoms with E-state index < -0.39 is 0 Å². The van der Waals surface area contributed by atoms with Gasteiger partial charge in [0.05, 0.1) is 29.0 Å². The number of halogens is 2. The molecule has 0 saturated heterocycles. The maximum Gasteiger partial charge on any atom is 0.257 e. The van der Waals surface area contributed by atoms with Crippen molar-refractivity contribution in [3.63, 3.8) is 0 Å². The predicted octanol–water partition coefficient (Wildman–Crippen LogP) is 6.06. The summed E-state index contributed by atoms with van der Waals surface area (Å²) in [5, 5.41) is 13.5. The number of hydrogen-bond donors (Lipinski definition) is 1. The summed E-state index contributed by atoms with van der Waals surface area (Å²) in [6.45, 7) is 4.35. The third-order valence-corrected chi connectivity index (χ3v) is 6.61. The van der Waals surface area contributed by atoms with Crippen molar-refractivity contribution in [2.75, 3.05) is 5.32 Å². The van der Waals surface area contributed by atoms with E-state index in [1.54, 1.807) is 16.9 Å². The smallest absolute Gasteiger partial charge is 0.257 e. The second kappa shape index (κ2) is 9.17. The molecule has 176 valence electrons. The normalized spacial score (nSPS) is 11.2. The molecule has 3 heterocycles. The van der Waals surface area contributed by atoms with Gasteiger partial charge in [0.2, 0.25) is 0 Å². The number of aromatic nitrogens is 5. The fourth-order valence-corrected chi connectivity index (χ4v) is 4.57. The van der Waals surface area contributed by atoms with E-state index in [4.69, 9.17) is 28.2 Å². The number of aryl methyl sites for hydroxylation is 2. The van der Waals surface area contributed by atoms with Gasteiger partial charge in [-0.3, -0.25) is 14.2 Å². The molecule has 35 heavy (non-hydrogen) atoms. The van der Waals surface area contributed by atoms with Gasteiger partial charge in [-0.25, -0.2) is 4.98 Å². The van der Waals surface area contributed by atoms with Crippen LogP contribution in [0.25, 0.3) is 22.2 Å². The summed E-state index contributed by atoms with van der Waals surface area (Å²) >= 11 is 12.7. The highest BCUT2D eigenvalue weighted by molar-refractivity contribution is 6.33. The van der Waals surface area contributed by atoms with Crippen molar-refractivity contribution in [3.05, 3.63) is 93.4 Å². The Hall–Kier alpha value is -3.68. The fourth-order valence-electron chi connectivity index (χ4n) is 4.17. The standard InChI is InChI=1S/C26H22Cl2N6O/c1-15-24(16(2)33(3)31-15)23-12-19(18-9-5-7-11-22(18)29-23)26(35)30-25-21(28)14-34(32-25)13-17-8-4-6-10-20(17)27/h4-12,14H,13H2,1-3H3,(H,30,32,35). The van der Waals surface area contributed by atoms with Crippen LogP contribution in [0.2, 0.25) is 10.0 Å². The lowest BCUT2D eigenvalue weighted by Crippen LogP contribution is -2.14. The molecule has 1 N–H and O–H groups in total. The quantitative estimate of drug-likeness (QED) is 0.315. The third-order valence-electron chi connectivity index (χ3n) is 5.97. The van der Waals surface area contributed by atoms with E-state index in [0.29, 0.717) is 33.4 Å². The lowest BCUT2D eigenvalue weighted by molar-refractivity contribution is 0.102. The van der Waals surface area contributed by atoms with E-state index in [1.165, 1.54) is 0 Å². The highest BCUT2D eigenvalue weighted by Gasteiger charge is 2.20. The topological polar surface area (TPSA) is 77.6 Å². The van der Waals surface area contributed by atoms with Gasteiger partial charge in [0.25, 0.3) is 5.91 Å². The monoisotopic (exact) mass is 504 g/mol. The molecule has 9 heteroatoms.